The van der Waals surface area contributed by atoms with E-state index >= 15 is 0 Å². The van der Waals surface area contributed by atoms with Crippen molar-refractivity contribution in [2.45, 2.75) is 6.92 Å². The second-order valence-corrected chi connectivity index (χ2v) is 4.34. The first-order chi connectivity index (χ1) is 10.0. The first-order valence-corrected chi connectivity index (χ1v) is 6.27. The van der Waals surface area contributed by atoms with Crippen LogP contribution in [-0.4, -0.2) is 11.9 Å². The predicted octanol–water partition coefficient (Wildman–Crippen LogP) is 3.33. The molecule has 0 unspecified atom stereocenters. The summed E-state index contributed by atoms with van der Waals surface area (Å²) in [7, 11) is 0. The van der Waals surface area contributed by atoms with Gasteiger partial charge in [-0.05, 0) is 30.0 Å². The van der Waals surface area contributed by atoms with Gasteiger partial charge in [0.2, 0.25) is 0 Å². The first kappa shape index (κ1) is 14.5. The summed E-state index contributed by atoms with van der Waals surface area (Å²) in [6.45, 7) is 8.55. The molecule has 2 aromatic rings. The highest BCUT2D eigenvalue weighted by atomic mass is 16.5. The summed E-state index contributed by atoms with van der Waals surface area (Å²) in [5.74, 6) is -0.312. The number of carbonyl (C=O) groups is 2. The Morgan fingerprint density at radius 1 is 1.00 bits per heavy atom. The second kappa shape index (κ2) is 6.05. The van der Waals surface area contributed by atoms with Crippen molar-refractivity contribution in [3.8, 4) is 11.5 Å². The van der Waals surface area contributed by atoms with Crippen LogP contribution in [0.25, 0.3) is 10.8 Å². The van der Waals surface area contributed by atoms with Gasteiger partial charge in [0.15, 0.2) is 0 Å². The van der Waals surface area contributed by atoms with Crippen molar-refractivity contribution in [2.75, 3.05) is 0 Å². The summed E-state index contributed by atoms with van der Waals surface area (Å²) in [5.41, 5.74) is 0.796. The Labute approximate surface area is 122 Å². The highest BCUT2D eigenvalue weighted by Crippen LogP contribution is 2.32. The number of carbonyl (C=O) groups excluding carboxylic acids is 2. The average Bonchev–Trinajstić information content (AvgIpc) is 2.49. The molecule has 106 valence electrons. The van der Waals surface area contributed by atoms with E-state index in [2.05, 4.69) is 13.2 Å². The molecule has 4 heteroatoms. The monoisotopic (exact) mass is 282 g/mol. The fourth-order valence-corrected chi connectivity index (χ4v) is 1.88. The van der Waals surface area contributed by atoms with Gasteiger partial charge in [-0.1, -0.05) is 31.4 Å². The first-order valence-electron chi connectivity index (χ1n) is 6.27. The molecular weight excluding hydrogens is 268 g/mol. The lowest BCUT2D eigenvalue weighted by Crippen LogP contribution is -2.05. The molecule has 0 aliphatic carbocycles. The summed E-state index contributed by atoms with van der Waals surface area (Å²) in [5, 5.41) is 1.55. The zero-order valence-electron chi connectivity index (χ0n) is 11.6. The molecule has 0 fully saturated rings. The lowest BCUT2D eigenvalue weighted by molar-refractivity contribution is -0.129. The van der Waals surface area contributed by atoms with E-state index in [0.29, 0.717) is 16.9 Å². The summed E-state index contributed by atoms with van der Waals surface area (Å²) in [6.07, 6.45) is 2.18. The number of hydrogen-bond donors (Lipinski definition) is 0. The molecule has 0 saturated heterocycles. The minimum absolute atomic E-state index is 0.355. The third-order valence-electron chi connectivity index (χ3n) is 2.89. The number of fused-ring (bicyclic) bond motifs is 1. The quantitative estimate of drug-likeness (QED) is 0.490. The SMILES string of the molecule is C=CC(=O)Oc1ccc2ccc(C)c(OC(=O)C=C)c2c1. The molecule has 0 bridgehead atoms. The van der Waals surface area contributed by atoms with Crippen molar-refractivity contribution in [3.63, 3.8) is 0 Å². The van der Waals surface area contributed by atoms with Gasteiger partial charge in [0, 0.05) is 17.5 Å². The van der Waals surface area contributed by atoms with Gasteiger partial charge in [-0.3, -0.25) is 0 Å². The molecule has 0 spiro atoms. The van der Waals surface area contributed by atoms with E-state index in [4.69, 9.17) is 9.47 Å². The van der Waals surface area contributed by atoms with Crippen LogP contribution in [0.15, 0.2) is 55.6 Å². The maximum absolute atomic E-state index is 11.4. The van der Waals surface area contributed by atoms with Crippen LogP contribution < -0.4 is 9.47 Å². The van der Waals surface area contributed by atoms with Gasteiger partial charge in [0.1, 0.15) is 11.5 Å². The molecule has 0 N–H and O–H groups in total. The predicted molar refractivity (Wildman–Crippen MR) is 80.3 cm³/mol. The number of esters is 2. The standard InChI is InChI=1S/C17H14O4/c1-4-15(18)20-13-9-8-12-7-6-11(3)17(14(12)10-13)21-16(19)5-2/h4-10H,1-2H2,3H3. The average molecular weight is 282 g/mol. The topological polar surface area (TPSA) is 52.6 Å². The normalized spacial score (nSPS) is 9.95. The molecule has 0 heterocycles. The molecule has 0 aliphatic heterocycles. The third kappa shape index (κ3) is 3.17. The number of ether oxygens (including phenoxy) is 2. The summed E-state index contributed by atoms with van der Waals surface area (Å²) >= 11 is 0. The van der Waals surface area contributed by atoms with Crippen molar-refractivity contribution in [1.29, 1.82) is 0 Å². The highest BCUT2D eigenvalue weighted by molar-refractivity contribution is 5.95. The molecule has 0 atom stereocenters. The molecule has 0 aromatic heterocycles. The van der Waals surface area contributed by atoms with Gasteiger partial charge in [-0.25, -0.2) is 9.59 Å². The van der Waals surface area contributed by atoms with Gasteiger partial charge < -0.3 is 9.47 Å². The van der Waals surface area contributed by atoms with E-state index in [9.17, 15) is 9.59 Å². The van der Waals surface area contributed by atoms with E-state index in [1.165, 1.54) is 0 Å². The number of rotatable bonds is 4. The number of aryl methyl sites for hydroxylation is 1. The van der Waals surface area contributed by atoms with Crippen LogP contribution in [-0.2, 0) is 9.59 Å². The molecule has 2 aromatic carbocycles. The Hall–Kier alpha value is -2.88. The van der Waals surface area contributed by atoms with Crippen molar-refractivity contribution in [2.24, 2.45) is 0 Å². The maximum Gasteiger partial charge on any atom is 0.335 e. The Balaban J connectivity index is 2.54. The van der Waals surface area contributed by atoms with Crippen LogP contribution in [0.5, 0.6) is 11.5 Å². The van der Waals surface area contributed by atoms with Gasteiger partial charge in [-0.2, -0.15) is 0 Å². The maximum atomic E-state index is 11.4. The highest BCUT2D eigenvalue weighted by Gasteiger charge is 2.11. The zero-order chi connectivity index (χ0) is 15.4. The Bertz CT molecular complexity index is 744. The fourth-order valence-electron chi connectivity index (χ4n) is 1.88. The summed E-state index contributed by atoms with van der Waals surface area (Å²) < 4.78 is 10.4. The minimum atomic E-state index is -0.549. The minimum Gasteiger partial charge on any atom is -0.423 e. The van der Waals surface area contributed by atoms with Gasteiger partial charge in [-0.15, -0.1) is 0 Å². The van der Waals surface area contributed by atoms with E-state index in [1.807, 2.05) is 19.1 Å². The molecule has 0 radical (unpaired) electrons. The molecule has 0 saturated carbocycles. The van der Waals surface area contributed by atoms with Crippen LogP contribution in [0.1, 0.15) is 5.56 Å². The molecule has 4 nitrogen and oxygen atoms in total. The van der Waals surface area contributed by atoms with Crippen LogP contribution in [0.2, 0.25) is 0 Å². The Morgan fingerprint density at radius 3 is 2.29 bits per heavy atom. The van der Waals surface area contributed by atoms with Crippen molar-refractivity contribution < 1.29 is 19.1 Å². The van der Waals surface area contributed by atoms with Crippen LogP contribution in [0.4, 0.5) is 0 Å². The largest absolute Gasteiger partial charge is 0.423 e. The van der Waals surface area contributed by atoms with Gasteiger partial charge in [0.05, 0.1) is 0 Å². The summed E-state index contributed by atoms with van der Waals surface area (Å²) in [4.78, 5) is 22.7. The van der Waals surface area contributed by atoms with E-state index in [1.54, 1.807) is 18.2 Å². The molecular formula is C17H14O4. The number of hydrogen-bond acceptors (Lipinski definition) is 4. The molecule has 21 heavy (non-hydrogen) atoms. The van der Waals surface area contributed by atoms with Crippen molar-refractivity contribution in [1.82, 2.24) is 0 Å². The lowest BCUT2D eigenvalue weighted by atomic mass is 10.1. The molecule has 0 aliphatic rings. The summed E-state index contributed by atoms with van der Waals surface area (Å²) in [6, 6.07) is 8.85. The number of benzene rings is 2. The van der Waals surface area contributed by atoms with Gasteiger partial charge >= 0.3 is 11.9 Å². The van der Waals surface area contributed by atoms with Crippen LogP contribution >= 0.6 is 0 Å². The Kier molecular flexibility index (Phi) is 4.18. The third-order valence-corrected chi connectivity index (χ3v) is 2.89. The van der Waals surface area contributed by atoms with E-state index in [-0.39, 0.29) is 0 Å². The van der Waals surface area contributed by atoms with Crippen molar-refractivity contribution in [3.05, 3.63) is 61.2 Å². The molecule has 2 rings (SSSR count). The lowest BCUT2D eigenvalue weighted by Gasteiger charge is -2.11. The van der Waals surface area contributed by atoms with Gasteiger partial charge in [0.25, 0.3) is 0 Å². The van der Waals surface area contributed by atoms with E-state index < -0.39 is 11.9 Å². The molecule has 0 amide bonds. The Morgan fingerprint density at radius 2 is 1.62 bits per heavy atom. The van der Waals surface area contributed by atoms with E-state index in [0.717, 1.165) is 23.1 Å². The smallest absolute Gasteiger partial charge is 0.335 e. The van der Waals surface area contributed by atoms with Crippen molar-refractivity contribution >= 4 is 22.7 Å². The zero-order valence-corrected chi connectivity index (χ0v) is 11.6. The second-order valence-electron chi connectivity index (χ2n) is 4.34. The fraction of sp³-hybridized carbons (Fsp3) is 0.0588. The van der Waals surface area contributed by atoms with Crippen LogP contribution in [0, 0.1) is 6.92 Å². The van der Waals surface area contributed by atoms with Crippen LogP contribution in [0.3, 0.4) is 0 Å².